The quantitative estimate of drug-likeness (QED) is 0.382. The lowest BCUT2D eigenvalue weighted by atomic mass is 9.97. The van der Waals surface area contributed by atoms with Crippen molar-refractivity contribution in [1.29, 1.82) is 0 Å². The summed E-state index contributed by atoms with van der Waals surface area (Å²) in [5.41, 5.74) is 3.15. The second-order valence-corrected chi connectivity index (χ2v) is 5.70. The second kappa shape index (κ2) is 4.72. The minimum absolute atomic E-state index is 0.0489. The summed E-state index contributed by atoms with van der Waals surface area (Å²) in [4.78, 5) is 3.33. The Morgan fingerprint density at radius 1 is 0.696 bits per heavy atom. The molecule has 0 unspecified atom stereocenters. The number of H-pyrrole nitrogens is 1. The molecule has 0 amide bonds. The van der Waals surface area contributed by atoms with Crippen LogP contribution in [0.2, 0.25) is 0 Å². The standard InChI is InChI=1S/C22H15N/c1-2-7-15(8-3-1)18-11-6-12-19-21(18)22-17-10-5-4-9-16(17)13-14-20(22)23-19/h1-14,23H/i6D,11D,12D. The molecule has 1 N–H and O–H groups in total. The molecular formula is C22H15N. The van der Waals surface area contributed by atoms with E-state index in [9.17, 15) is 0 Å². The van der Waals surface area contributed by atoms with E-state index < -0.39 is 0 Å². The predicted molar refractivity (Wildman–Crippen MR) is 98.7 cm³/mol. The van der Waals surface area contributed by atoms with Crippen molar-refractivity contribution in [3.63, 3.8) is 0 Å². The molecule has 0 aliphatic carbocycles. The van der Waals surface area contributed by atoms with E-state index in [0.29, 0.717) is 11.1 Å². The molecule has 5 rings (SSSR count). The van der Waals surface area contributed by atoms with Gasteiger partial charge < -0.3 is 4.98 Å². The smallest absolute Gasteiger partial charge is 0.0645 e. The van der Waals surface area contributed by atoms with Crippen molar-refractivity contribution in [2.75, 3.05) is 0 Å². The minimum atomic E-state index is -0.0489. The fraction of sp³-hybridized carbons (Fsp3) is 0. The van der Waals surface area contributed by atoms with Gasteiger partial charge in [-0.3, -0.25) is 0 Å². The van der Waals surface area contributed by atoms with E-state index in [1.54, 1.807) is 0 Å². The van der Waals surface area contributed by atoms with Crippen molar-refractivity contribution >= 4 is 32.6 Å². The van der Waals surface area contributed by atoms with Crippen molar-refractivity contribution in [3.05, 3.63) is 84.9 Å². The normalized spacial score (nSPS) is 13.3. The molecule has 0 aliphatic heterocycles. The molecule has 0 saturated carbocycles. The molecule has 0 bridgehead atoms. The van der Waals surface area contributed by atoms with Crippen LogP contribution in [0.5, 0.6) is 0 Å². The number of fused-ring (bicyclic) bond motifs is 5. The average Bonchev–Trinajstić information content (AvgIpc) is 3.07. The van der Waals surface area contributed by atoms with E-state index in [1.165, 1.54) is 0 Å². The van der Waals surface area contributed by atoms with Gasteiger partial charge in [-0.05, 0) is 34.0 Å². The molecule has 1 nitrogen and oxygen atoms in total. The van der Waals surface area contributed by atoms with Gasteiger partial charge in [0.25, 0.3) is 0 Å². The Labute approximate surface area is 138 Å². The van der Waals surface area contributed by atoms with Gasteiger partial charge in [-0.1, -0.05) is 72.7 Å². The van der Waals surface area contributed by atoms with Gasteiger partial charge in [-0.15, -0.1) is 0 Å². The lowest BCUT2D eigenvalue weighted by molar-refractivity contribution is 1.55. The van der Waals surface area contributed by atoms with Gasteiger partial charge in [0, 0.05) is 21.8 Å². The highest BCUT2D eigenvalue weighted by Crippen LogP contribution is 2.37. The fourth-order valence-corrected chi connectivity index (χ4v) is 3.35. The molecule has 1 aromatic heterocycles. The Balaban J connectivity index is 2.11. The molecule has 5 aromatic rings. The van der Waals surface area contributed by atoms with E-state index in [0.717, 1.165) is 32.6 Å². The van der Waals surface area contributed by atoms with E-state index in [4.69, 9.17) is 4.11 Å². The number of hydrogen-bond acceptors (Lipinski definition) is 0. The summed E-state index contributed by atoms with van der Waals surface area (Å²) < 4.78 is 25.2. The molecule has 0 atom stereocenters. The van der Waals surface area contributed by atoms with Crippen molar-refractivity contribution in [2.45, 2.75) is 0 Å². The summed E-state index contributed by atoms with van der Waals surface area (Å²) in [5.74, 6) is 0. The summed E-state index contributed by atoms with van der Waals surface area (Å²) in [6.45, 7) is 0. The van der Waals surface area contributed by atoms with Gasteiger partial charge in [0.05, 0.1) is 4.11 Å². The van der Waals surface area contributed by atoms with Crippen LogP contribution in [0.15, 0.2) is 84.9 Å². The first-order valence-electron chi connectivity index (χ1n) is 9.15. The number of rotatable bonds is 1. The van der Waals surface area contributed by atoms with Gasteiger partial charge in [0.2, 0.25) is 0 Å². The zero-order valence-electron chi connectivity index (χ0n) is 15.4. The number of benzene rings is 4. The molecule has 0 spiro atoms. The van der Waals surface area contributed by atoms with E-state index in [2.05, 4.69) is 23.2 Å². The van der Waals surface area contributed by atoms with Crippen LogP contribution in [-0.2, 0) is 0 Å². The SMILES string of the molecule is [2H]c1c([2H])c(-c2ccccc2)c2c([nH]c3ccc4ccccc4c32)c1[2H]. The highest BCUT2D eigenvalue weighted by Gasteiger charge is 2.12. The Kier molecular flexibility index (Phi) is 2.02. The predicted octanol–water partition coefficient (Wildman–Crippen LogP) is 6.14. The number of hydrogen-bond donors (Lipinski definition) is 1. The first kappa shape index (κ1) is 9.86. The molecule has 108 valence electrons. The maximum atomic E-state index is 8.56. The van der Waals surface area contributed by atoms with E-state index in [1.807, 2.05) is 48.5 Å². The molecule has 0 fully saturated rings. The third kappa shape index (κ3) is 1.80. The summed E-state index contributed by atoms with van der Waals surface area (Å²) in [5, 5.41) is 4.07. The molecule has 1 heteroatoms. The summed E-state index contributed by atoms with van der Waals surface area (Å²) >= 11 is 0. The fourth-order valence-electron chi connectivity index (χ4n) is 3.35. The van der Waals surface area contributed by atoms with Crippen molar-refractivity contribution in [2.24, 2.45) is 0 Å². The van der Waals surface area contributed by atoms with Gasteiger partial charge in [-0.25, -0.2) is 0 Å². The Bertz CT molecular complexity index is 1300. The molecule has 1 heterocycles. The van der Waals surface area contributed by atoms with Crippen molar-refractivity contribution in [1.82, 2.24) is 4.98 Å². The summed E-state index contributed by atoms with van der Waals surface area (Å²) in [7, 11) is 0. The molecule has 0 aliphatic rings. The van der Waals surface area contributed by atoms with Gasteiger partial charge in [0.15, 0.2) is 0 Å². The Morgan fingerprint density at radius 2 is 1.52 bits per heavy atom. The lowest BCUT2D eigenvalue weighted by Gasteiger charge is -2.06. The second-order valence-electron chi connectivity index (χ2n) is 5.70. The Morgan fingerprint density at radius 3 is 2.43 bits per heavy atom. The highest BCUT2D eigenvalue weighted by molar-refractivity contribution is 6.23. The number of aromatic nitrogens is 1. The van der Waals surface area contributed by atoms with Crippen LogP contribution in [0.4, 0.5) is 0 Å². The third-order valence-corrected chi connectivity index (χ3v) is 4.38. The topological polar surface area (TPSA) is 15.8 Å². The van der Waals surface area contributed by atoms with Crippen molar-refractivity contribution in [3.8, 4) is 11.1 Å². The van der Waals surface area contributed by atoms with Crippen LogP contribution in [0.1, 0.15) is 4.11 Å². The van der Waals surface area contributed by atoms with Crippen LogP contribution >= 0.6 is 0 Å². The molecule has 0 saturated heterocycles. The van der Waals surface area contributed by atoms with Crippen LogP contribution in [0.25, 0.3) is 43.7 Å². The van der Waals surface area contributed by atoms with Gasteiger partial charge in [-0.2, -0.15) is 0 Å². The molecule has 0 radical (unpaired) electrons. The van der Waals surface area contributed by atoms with Gasteiger partial charge >= 0.3 is 0 Å². The zero-order valence-corrected chi connectivity index (χ0v) is 12.4. The molecule has 23 heavy (non-hydrogen) atoms. The lowest BCUT2D eigenvalue weighted by Crippen LogP contribution is -1.80. The number of nitrogens with one attached hydrogen (secondary N) is 1. The maximum Gasteiger partial charge on any atom is 0.0645 e. The summed E-state index contributed by atoms with van der Waals surface area (Å²) in [6, 6.07) is 22.1. The van der Waals surface area contributed by atoms with Crippen LogP contribution in [-0.4, -0.2) is 4.98 Å². The average molecular weight is 296 g/mol. The third-order valence-electron chi connectivity index (χ3n) is 4.38. The van der Waals surface area contributed by atoms with Crippen molar-refractivity contribution < 1.29 is 4.11 Å². The summed E-state index contributed by atoms with van der Waals surface area (Å²) in [6.07, 6.45) is 0. The van der Waals surface area contributed by atoms with Crippen LogP contribution in [0.3, 0.4) is 0 Å². The first-order valence-corrected chi connectivity index (χ1v) is 7.65. The number of aromatic amines is 1. The molecular weight excluding hydrogens is 278 g/mol. The minimum Gasteiger partial charge on any atom is -0.354 e. The van der Waals surface area contributed by atoms with Crippen LogP contribution < -0.4 is 0 Å². The highest BCUT2D eigenvalue weighted by atomic mass is 14.7. The largest absolute Gasteiger partial charge is 0.354 e. The van der Waals surface area contributed by atoms with E-state index >= 15 is 0 Å². The maximum absolute atomic E-state index is 8.56. The van der Waals surface area contributed by atoms with Crippen LogP contribution in [0, 0.1) is 0 Å². The zero-order chi connectivity index (χ0) is 17.8. The van der Waals surface area contributed by atoms with E-state index in [-0.39, 0.29) is 18.1 Å². The van der Waals surface area contributed by atoms with Gasteiger partial charge in [0.1, 0.15) is 0 Å². The first-order chi connectivity index (χ1) is 12.7. The monoisotopic (exact) mass is 296 g/mol. The Hall–Kier alpha value is -3.06. The molecule has 4 aromatic carbocycles.